The van der Waals surface area contributed by atoms with Crippen LogP contribution in [0.1, 0.15) is 30.7 Å². The summed E-state index contributed by atoms with van der Waals surface area (Å²) in [7, 11) is 0. The molecule has 1 aliphatic rings. The molecule has 0 amide bonds. The first-order chi connectivity index (χ1) is 13.5. The highest BCUT2D eigenvalue weighted by Crippen LogP contribution is 2.28. The number of benzene rings is 2. The van der Waals surface area contributed by atoms with Crippen molar-refractivity contribution in [2.24, 2.45) is 0 Å². The molecule has 1 aromatic heterocycles. The smallest absolute Gasteiger partial charge is 0.259 e. The second-order valence-electron chi connectivity index (χ2n) is 7.60. The lowest BCUT2D eigenvalue weighted by Crippen LogP contribution is -2.50. The first-order valence-corrected chi connectivity index (χ1v) is 9.75. The van der Waals surface area contributed by atoms with Crippen molar-refractivity contribution in [1.82, 2.24) is 14.5 Å². The number of nitrogens with zero attached hydrogens (tertiary/aromatic N) is 4. The fourth-order valence-corrected chi connectivity index (χ4v) is 3.63. The fourth-order valence-electron chi connectivity index (χ4n) is 3.63. The Labute approximate surface area is 165 Å². The van der Waals surface area contributed by atoms with Crippen molar-refractivity contribution in [2.45, 2.75) is 39.9 Å². The highest BCUT2D eigenvalue weighted by Gasteiger charge is 2.28. The summed E-state index contributed by atoms with van der Waals surface area (Å²) in [5.41, 5.74) is 3.80. The van der Waals surface area contributed by atoms with Crippen LogP contribution in [0.25, 0.3) is 0 Å². The van der Waals surface area contributed by atoms with E-state index >= 15 is 0 Å². The van der Waals surface area contributed by atoms with Crippen molar-refractivity contribution in [2.75, 3.05) is 11.6 Å². The van der Waals surface area contributed by atoms with Crippen molar-refractivity contribution in [3.63, 3.8) is 0 Å². The normalized spacial score (nSPS) is 14.4. The zero-order valence-electron chi connectivity index (χ0n) is 16.7. The molecule has 1 aliphatic heterocycles. The molecular weight excluding hydrogens is 348 g/mol. The van der Waals surface area contributed by atoms with Gasteiger partial charge < -0.3 is 0 Å². The molecule has 2 aromatic carbocycles. The summed E-state index contributed by atoms with van der Waals surface area (Å²) in [6, 6.07) is 20.6. The van der Waals surface area contributed by atoms with E-state index in [1.165, 1.54) is 0 Å². The minimum absolute atomic E-state index is 0.0534. The summed E-state index contributed by atoms with van der Waals surface area (Å²) in [6.45, 7) is 7.53. The Morgan fingerprint density at radius 2 is 1.61 bits per heavy atom. The Morgan fingerprint density at radius 1 is 0.964 bits per heavy atom. The van der Waals surface area contributed by atoms with Crippen molar-refractivity contribution >= 4 is 11.6 Å². The van der Waals surface area contributed by atoms with Gasteiger partial charge in [0.15, 0.2) is 0 Å². The van der Waals surface area contributed by atoms with E-state index in [2.05, 4.69) is 47.9 Å². The van der Waals surface area contributed by atoms with Crippen LogP contribution < -0.4 is 10.5 Å². The Bertz CT molecular complexity index is 1010. The number of rotatable bonds is 4. The standard InChI is InChI=1S/C23H26N4O/c1-17(2)25-15-26(20-12-8-5-9-13-20)23-24-18(3)21(22(28)27(23)16-25)14-19-10-6-4-7-11-19/h4-13,17H,14-16H2,1-3H3. The van der Waals surface area contributed by atoms with E-state index in [0.29, 0.717) is 25.8 Å². The molecule has 0 bridgehead atoms. The van der Waals surface area contributed by atoms with Gasteiger partial charge in [0.25, 0.3) is 5.56 Å². The molecule has 2 heterocycles. The van der Waals surface area contributed by atoms with E-state index in [1.54, 1.807) is 0 Å². The molecule has 0 saturated carbocycles. The number of hydrogen-bond acceptors (Lipinski definition) is 4. The van der Waals surface area contributed by atoms with Gasteiger partial charge in [0.2, 0.25) is 5.95 Å². The van der Waals surface area contributed by atoms with Gasteiger partial charge in [-0.25, -0.2) is 4.98 Å². The molecule has 5 nitrogen and oxygen atoms in total. The third-order valence-corrected chi connectivity index (χ3v) is 5.36. The van der Waals surface area contributed by atoms with Crippen molar-refractivity contribution < 1.29 is 0 Å². The van der Waals surface area contributed by atoms with Gasteiger partial charge in [-0.3, -0.25) is 19.2 Å². The molecule has 0 atom stereocenters. The monoisotopic (exact) mass is 374 g/mol. The summed E-state index contributed by atoms with van der Waals surface area (Å²) in [6.07, 6.45) is 0.603. The number of aromatic nitrogens is 2. The lowest BCUT2D eigenvalue weighted by Gasteiger charge is -2.40. The quantitative estimate of drug-likeness (QED) is 0.694. The fraction of sp³-hybridized carbons (Fsp3) is 0.304. The van der Waals surface area contributed by atoms with Gasteiger partial charge in [-0.1, -0.05) is 48.5 Å². The summed E-state index contributed by atoms with van der Waals surface area (Å²) < 4.78 is 1.82. The summed E-state index contributed by atoms with van der Waals surface area (Å²) >= 11 is 0. The number of anilines is 2. The first kappa shape index (κ1) is 18.4. The summed E-state index contributed by atoms with van der Waals surface area (Å²) in [5, 5.41) is 0. The molecule has 28 heavy (non-hydrogen) atoms. The van der Waals surface area contributed by atoms with Gasteiger partial charge in [0, 0.05) is 23.7 Å². The van der Waals surface area contributed by atoms with E-state index in [-0.39, 0.29) is 5.56 Å². The minimum Gasteiger partial charge on any atom is -0.298 e. The summed E-state index contributed by atoms with van der Waals surface area (Å²) in [5.74, 6) is 0.724. The van der Waals surface area contributed by atoms with Crippen LogP contribution in [0, 0.1) is 6.92 Å². The van der Waals surface area contributed by atoms with E-state index in [1.807, 2.05) is 47.9 Å². The third-order valence-electron chi connectivity index (χ3n) is 5.36. The highest BCUT2D eigenvalue weighted by molar-refractivity contribution is 5.58. The largest absolute Gasteiger partial charge is 0.298 e. The predicted octanol–water partition coefficient (Wildman–Crippen LogP) is 3.92. The lowest BCUT2D eigenvalue weighted by atomic mass is 10.1. The van der Waals surface area contributed by atoms with Crippen LogP contribution in [0.3, 0.4) is 0 Å². The zero-order valence-corrected chi connectivity index (χ0v) is 16.7. The van der Waals surface area contributed by atoms with Gasteiger partial charge >= 0.3 is 0 Å². The van der Waals surface area contributed by atoms with Gasteiger partial charge in [-0.05, 0) is 38.5 Å². The number of fused-ring (bicyclic) bond motifs is 1. The van der Waals surface area contributed by atoms with Crippen LogP contribution in [0.5, 0.6) is 0 Å². The second-order valence-corrected chi connectivity index (χ2v) is 7.60. The summed E-state index contributed by atoms with van der Waals surface area (Å²) in [4.78, 5) is 22.7. The van der Waals surface area contributed by atoms with Gasteiger partial charge in [0.1, 0.15) is 0 Å². The molecule has 4 rings (SSSR count). The van der Waals surface area contributed by atoms with E-state index in [4.69, 9.17) is 4.98 Å². The first-order valence-electron chi connectivity index (χ1n) is 9.75. The van der Waals surface area contributed by atoms with E-state index in [9.17, 15) is 4.79 Å². The molecule has 0 radical (unpaired) electrons. The minimum atomic E-state index is 0.0534. The van der Waals surface area contributed by atoms with Crippen LogP contribution in [0.4, 0.5) is 11.6 Å². The average Bonchev–Trinajstić information content (AvgIpc) is 2.72. The molecular formula is C23H26N4O. The van der Waals surface area contributed by atoms with Crippen LogP contribution in [0.15, 0.2) is 65.5 Å². The molecule has 5 heteroatoms. The second kappa shape index (κ2) is 7.60. The molecule has 0 aliphatic carbocycles. The Balaban J connectivity index is 1.82. The molecule has 0 saturated heterocycles. The maximum atomic E-state index is 13.5. The van der Waals surface area contributed by atoms with Crippen molar-refractivity contribution in [1.29, 1.82) is 0 Å². The number of aryl methyl sites for hydroxylation is 1. The predicted molar refractivity (Wildman–Crippen MR) is 113 cm³/mol. The van der Waals surface area contributed by atoms with Gasteiger partial charge in [-0.2, -0.15) is 0 Å². The van der Waals surface area contributed by atoms with Gasteiger partial charge in [0.05, 0.1) is 19.0 Å². The van der Waals surface area contributed by atoms with Crippen LogP contribution in [0.2, 0.25) is 0 Å². The van der Waals surface area contributed by atoms with Crippen molar-refractivity contribution in [3.05, 3.63) is 87.8 Å². The number of hydrogen-bond donors (Lipinski definition) is 0. The lowest BCUT2D eigenvalue weighted by molar-refractivity contribution is 0.156. The Morgan fingerprint density at radius 3 is 2.25 bits per heavy atom. The average molecular weight is 374 g/mol. The maximum Gasteiger partial charge on any atom is 0.259 e. The van der Waals surface area contributed by atoms with Crippen molar-refractivity contribution in [3.8, 4) is 0 Å². The highest BCUT2D eigenvalue weighted by atomic mass is 16.1. The third kappa shape index (κ3) is 3.45. The molecule has 0 spiro atoms. The Hall–Kier alpha value is -2.92. The molecule has 3 aromatic rings. The molecule has 0 unspecified atom stereocenters. The van der Waals surface area contributed by atoms with E-state index < -0.39 is 0 Å². The maximum absolute atomic E-state index is 13.5. The SMILES string of the molecule is Cc1nc2n(c(=O)c1Cc1ccccc1)CN(C(C)C)CN2c1ccccc1. The van der Waals surface area contributed by atoms with E-state index in [0.717, 1.165) is 28.5 Å². The Kier molecular flexibility index (Phi) is 5.01. The topological polar surface area (TPSA) is 41.4 Å². The van der Waals surface area contributed by atoms with Crippen LogP contribution in [-0.4, -0.2) is 27.2 Å². The van der Waals surface area contributed by atoms with Gasteiger partial charge in [-0.15, -0.1) is 0 Å². The molecule has 144 valence electrons. The zero-order chi connectivity index (χ0) is 19.7. The molecule has 0 N–H and O–H groups in total. The van der Waals surface area contributed by atoms with Crippen LogP contribution >= 0.6 is 0 Å². The number of para-hydroxylation sites is 1. The van der Waals surface area contributed by atoms with Crippen LogP contribution in [-0.2, 0) is 13.1 Å². The molecule has 0 fully saturated rings.